The number of hydrogen-bond acceptors (Lipinski definition) is 5. The van der Waals surface area contributed by atoms with Gasteiger partial charge < -0.3 is 15.6 Å². The number of nitrogens with one attached hydrogen (secondary N) is 1. The summed E-state index contributed by atoms with van der Waals surface area (Å²) in [5.41, 5.74) is 5.76. The van der Waals surface area contributed by atoms with Gasteiger partial charge in [0.15, 0.2) is 5.82 Å². The fourth-order valence-corrected chi connectivity index (χ4v) is 2.62. The molecule has 0 radical (unpaired) electrons. The molecule has 1 amide bonds. The van der Waals surface area contributed by atoms with Crippen LogP contribution in [0.25, 0.3) is 0 Å². The second-order valence-electron chi connectivity index (χ2n) is 7.29. The maximum absolute atomic E-state index is 11.9. The van der Waals surface area contributed by atoms with Gasteiger partial charge in [-0.15, -0.1) is 0 Å². The molecule has 1 saturated carbocycles. The summed E-state index contributed by atoms with van der Waals surface area (Å²) in [6, 6.07) is 0.603. The third-order valence-electron chi connectivity index (χ3n) is 4.07. The van der Waals surface area contributed by atoms with Gasteiger partial charge in [-0.25, -0.2) is 0 Å². The maximum Gasteiger partial charge on any atom is 0.226 e. The summed E-state index contributed by atoms with van der Waals surface area (Å²) < 4.78 is 5.23. The van der Waals surface area contributed by atoms with Crippen LogP contribution in [-0.4, -0.2) is 28.1 Å². The first kappa shape index (κ1) is 16.9. The first-order valence-corrected chi connectivity index (χ1v) is 8.22. The summed E-state index contributed by atoms with van der Waals surface area (Å²) in [6.07, 6.45) is 5.85. The third-order valence-corrected chi connectivity index (χ3v) is 4.07. The van der Waals surface area contributed by atoms with Crippen LogP contribution in [0, 0.1) is 0 Å². The van der Waals surface area contributed by atoms with Gasteiger partial charge in [-0.05, 0) is 32.1 Å². The van der Waals surface area contributed by atoms with Crippen molar-refractivity contribution in [3.05, 3.63) is 11.7 Å². The van der Waals surface area contributed by atoms with Crippen LogP contribution in [0.1, 0.15) is 71.0 Å². The zero-order valence-corrected chi connectivity index (χ0v) is 13.9. The van der Waals surface area contributed by atoms with Crippen molar-refractivity contribution in [2.45, 2.75) is 83.2 Å². The molecule has 2 rings (SSSR count). The summed E-state index contributed by atoms with van der Waals surface area (Å²) in [6.45, 7) is 6.14. The Morgan fingerprint density at radius 2 is 2.00 bits per heavy atom. The molecule has 1 heterocycles. The van der Waals surface area contributed by atoms with Crippen LogP contribution in [0.5, 0.6) is 0 Å². The van der Waals surface area contributed by atoms with Crippen molar-refractivity contribution >= 4 is 5.91 Å². The number of carbonyl (C=O) groups is 1. The molecule has 0 unspecified atom stereocenters. The highest BCUT2D eigenvalue weighted by Gasteiger charge is 2.21. The van der Waals surface area contributed by atoms with Crippen LogP contribution in [0.3, 0.4) is 0 Å². The molecule has 1 aromatic rings. The lowest BCUT2D eigenvalue weighted by atomic mass is 9.92. The molecule has 1 fully saturated rings. The monoisotopic (exact) mass is 308 g/mol. The Labute approximate surface area is 132 Å². The Morgan fingerprint density at radius 1 is 1.32 bits per heavy atom. The van der Waals surface area contributed by atoms with Crippen LogP contribution in [-0.2, 0) is 16.6 Å². The SMILES string of the molecule is CC(C)(C)c1noc(CCCC(=O)NC2CCC(N)CC2)n1. The average Bonchev–Trinajstić information content (AvgIpc) is 2.90. The first-order chi connectivity index (χ1) is 10.3. The molecule has 6 heteroatoms. The minimum Gasteiger partial charge on any atom is -0.353 e. The highest BCUT2D eigenvalue weighted by molar-refractivity contribution is 5.76. The normalized spacial score (nSPS) is 22.5. The number of aromatic nitrogens is 2. The smallest absolute Gasteiger partial charge is 0.226 e. The lowest BCUT2D eigenvalue weighted by molar-refractivity contribution is -0.122. The molecule has 6 nitrogen and oxygen atoms in total. The van der Waals surface area contributed by atoms with Gasteiger partial charge in [0.25, 0.3) is 0 Å². The number of aryl methyl sites for hydroxylation is 1. The fraction of sp³-hybridized carbons (Fsp3) is 0.812. The van der Waals surface area contributed by atoms with Crippen molar-refractivity contribution in [2.75, 3.05) is 0 Å². The lowest BCUT2D eigenvalue weighted by Crippen LogP contribution is -2.40. The Kier molecular flexibility index (Phi) is 5.56. The molecule has 22 heavy (non-hydrogen) atoms. The molecular formula is C16H28N4O2. The van der Waals surface area contributed by atoms with Gasteiger partial charge in [-0.3, -0.25) is 4.79 Å². The number of carbonyl (C=O) groups excluding carboxylic acids is 1. The number of nitrogens with zero attached hydrogens (tertiary/aromatic N) is 2. The van der Waals surface area contributed by atoms with Gasteiger partial charge in [-0.1, -0.05) is 25.9 Å². The fourth-order valence-electron chi connectivity index (χ4n) is 2.62. The van der Waals surface area contributed by atoms with Crippen LogP contribution in [0.4, 0.5) is 0 Å². The standard InChI is InChI=1S/C16H28N4O2/c1-16(2,3)15-19-14(22-20-15)6-4-5-13(21)18-12-9-7-11(17)8-10-12/h11-12H,4-10,17H2,1-3H3,(H,18,21). The molecule has 1 aromatic heterocycles. The zero-order chi connectivity index (χ0) is 16.2. The Balaban J connectivity index is 1.67. The van der Waals surface area contributed by atoms with Gasteiger partial charge in [0.1, 0.15) is 0 Å². The molecule has 0 atom stereocenters. The van der Waals surface area contributed by atoms with E-state index in [0.29, 0.717) is 36.6 Å². The Bertz CT molecular complexity index is 485. The van der Waals surface area contributed by atoms with Gasteiger partial charge in [0, 0.05) is 30.3 Å². The van der Waals surface area contributed by atoms with Crippen molar-refractivity contribution in [1.82, 2.24) is 15.5 Å². The zero-order valence-electron chi connectivity index (χ0n) is 13.9. The van der Waals surface area contributed by atoms with Gasteiger partial charge in [0.05, 0.1) is 0 Å². The molecule has 0 aromatic carbocycles. The number of hydrogen-bond donors (Lipinski definition) is 2. The van der Waals surface area contributed by atoms with E-state index in [-0.39, 0.29) is 11.3 Å². The van der Waals surface area contributed by atoms with Crippen LogP contribution >= 0.6 is 0 Å². The average molecular weight is 308 g/mol. The number of nitrogens with two attached hydrogens (primary N) is 1. The molecule has 0 aliphatic heterocycles. The van der Waals surface area contributed by atoms with Gasteiger partial charge in [-0.2, -0.15) is 4.98 Å². The van der Waals surface area contributed by atoms with E-state index in [0.717, 1.165) is 32.1 Å². The number of rotatable bonds is 5. The lowest BCUT2D eigenvalue weighted by Gasteiger charge is -2.26. The molecular weight excluding hydrogens is 280 g/mol. The summed E-state index contributed by atoms with van der Waals surface area (Å²) in [4.78, 5) is 16.3. The molecule has 124 valence electrons. The number of amides is 1. The molecule has 0 spiro atoms. The van der Waals surface area contributed by atoms with Crippen molar-refractivity contribution in [2.24, 2.45) is 5.73 Å². The van der Waals surface area contributed by atoms with E-state index in [4.69, 9.17) is 10.3 Å². The third kappa shape index (κ3) is 5.09. The molecule has 3 N–H and O–H groups in total. The van der Waals surface area contributed by atoms with E-state index < -0.39 is 0 Å². The van der Waals surface area contributed by atoms with Gasteiger partial charge in [0.2, 0.25) is 11.8 Å². The molecule has 0 saturated heterocycles. The van der Waals surface area contributed by atoms with Crippen LogP contribution in [0.2, 0.25) is 0 Å². The topological polar surface area (TPSA) is 94.0 Å². The summed E-state index contributed by atoms with van der Waals surface area (Å²) in [5, 5.41) is 7.08. The Morgan fingerprint density at radius 3 is 2.59 bits per heavy atom. The highest BCUT2D eigenvalue weighted by atomic mass is 16.5. The van der Waals surface area contributed by atoms with Crippen molar-refractivity contribution in [3.8, 4) is 0 Å². The Hall–Kier alpha value is -1.43. The van der Waals surface area contributed by atoms with E-state index in [1.165, 1.54) is 0 Å². The minimum atomic E-state index is -0.110. The van der Waals surface area contributed by atoms with Crippen LogP contribution in [0.15, 0.2) is 4.52 Å². The second kappa shape index (κ2) is 7.22. The van der Waals surface area contributed by atoms with Crippen molar-refractivity contribution in [1.29, 1.82) is 0 Å². The van der Waals surface area contributed by atoms with E-state index in [2.05, 4.69) is 15.5 Å². The summed E-state index contributed by atoms with van der Waals surface area (Å²) >= 11 is 0. The predicted molar refractivity (Wildman–Crippen MR) is 84.3 cm³/mol. The van der Waals surface area contributed by atoms with E-state index in [9.17, 15) is 4.79 Å². The second-order valence-corrected chi connectivity index (χ2v) is 7.29. The summed E-state index contributed by atoms with van der Waals surface area (Å²) in [7, 11) is 0. The highest BCUT2D eigenvalue weighted by Crippen LogP contribution is 2.19. The summed E-state index contributed by atoms with van der Waals surface area (Å²) in [5.74, 6) is 1.43. The van der Waals surface area contributed by atoms with E-state index in [1.54, 1.807) is 0 Å². The first-order valence-electron chi connectivity index (χ1n) is 8.22. The van der Waals surface area contributed by atoms with Crippen LogP contribution < -0.4 is 11.1 Å². The van der Waals surface area contributed by atoms with E-state index in [1.807, 2.05) is 20.8 Å². The van der Waals surface area contributed by atoms with Crippen molar-refractivity contribution in [3.63, 3.8) is 0 Å². The minimum absolute atomic E-state index is 0.107. The molecule has 1 aliphatic carbocycles. The predicted octanol–water partition coefficient (Wildman–Crippen LogP) is 2.08. The van der Waals surface area contributed by atoms with Gasteiger partial charge >= 0.3 is 0 Å². The largest absolute Gasteiger partial charge is 0.353 e. The molecule has 0 bridgehead atoms. The molecule has 1 aliphatic rings. The maximum atomic E-state index is 11.9. The quantitative estimate of drug-likeness (QED) is 0.868. The van der Waals surface area contributed by atoms with Crippen molar-refractivity contribution < 1.29 is 9.32 Å². The van der Waals surface area contributed by atoms with E-state index >= 15 is 0 Å².